The van der Waals surface area contributed by atoms with Crippen molar-refractivity contribution in [2.24, 2.45) is 5.84 Å². The second-order valence-corrected chi connectivity index (χ2v) is 4.30. The van der Waals surface area contributed by atoms with Gasteiger partial charge in [-0.3, -0.25) is 0 Å². The Morgan fingerprint density at radius 3 is 2.82 bits per heavy atom. The maximum Gasteiger partial charge on any atom is 0.145 e. The van der Waals surface area contributed by atoms with Gasteiger partial charge >= 0.3 is 0 Å². The summed E-state index contributed by atoms with van der Waals surface area (Å²) >= 11 is 0. The molecule has 0 atom stereocenters. The lowest BCUT2D eigenvalue weighted by Gasteiger charge is -2.38. The Bertz CT molecular complexity index is 380. The number of nitrogens with two attached hydrogens (primary N) is 1. The predicted octanol–water partition coefficient (Wildman–Crippen LogP) is 0.422. The van der Waals surface area contributed by atoms with Crippen molar-refractivity contribution in [3.05, 3.63) is 11.9 Å². The van der Waals surface area contributed by atoms with Crippen molar-refractivity contribution in [1.29, 1.82) is 0 Å². The van der Waals surface area contributed by atoms with Crippen molar-refractivity contribution < 1.29 is 5.11 Å². The van der Waals surface area contributed by atoms with E-state index in [9.17, 15) is 0 Å². The Morgan fingerprint density at radius 1 is 1.53 bits per heavy atom. The molecule has 1 aliphatic rings. The number of nitrogen functional groups attached to an aromatic ring is 1. The van der Waals surface area contributed by atoms with Crippen molar-refractivity contribution >= 4 is 11.6 Å². The van der Waals surface area contributed by atoms with Crippen LogP contribution in [0.25, 0.3) is 0 Å². The van der Waals surface area contributed by atoms with Crippen LogP contribution in [0.2, 0.25) is 0 Å². The first-order valence-electron chi connectivity index (χ1n) is 5.94. The minimum absolute atomic E-state index is 0.130. The molecule has 0 bridgehead atoms. The first kappa shape index (κ1) is 12.1. The first-order chi connectivity index (χ1) is 8.24. The van der Waals surface area contributed by atoms with Gasteiger partial charge in [0, 0.05) is 18.7 Å². The number of aliphatic hydroxyl groups is 1. The molecular formula is C11H19N5O. The molecule has 1 saturated carbocycles. The number of nitrogens with one attached hydrogen (secondary N) is 1. The zero-order chi connectivity index (χ0) is 12.3. The van der Waals surface area contributed by atoms with Crippen LogP contribution in [0.1, 0.15) is 25.1 Å². The largest absolute Gasteiger partial charge is 0.395 e. The highest BCUT2D eigenvalue weighted by atomic mass is 16.3. The van der Waals surface area contributed by atoms with Crippen LogP contribution < -0.4 is 16.2 Å². The molecule has 94 valence electrons. The summed E-state index contributed by atoms with van der Waals surface area (Å²) in [6.45, 7) is 2.57. The molecule has 0 spiro atoms. The van der Waals surface area contributed by atoms with Crippen LogP contribution in [-0.2, 0) is 0 Å². The van der Waals surface area contributed by atoms with E-state index in [2.05, 4.69) is 20.3 Å². The molecule has 1 aromatic heterocycles. The molecule has 1 heterocycles. The van der Waals surface area contributed by atoms with E-state index < -0.39 is 0 Å². The van der Waals surface area contributed by atoms with Gasteiger partial charge in [-0.25, -0.2) is 15.8 Å². The van der Waals surface area contributed by atoms with Crippen molar-refractivity contribution in [2.45, 2.75) is 32.2 Å². The summed E-state index contributed by atoms with van der Waals surface area (Å²) in [6.07, 6.45) is 3.57. The topological polar surface area (TPSA) is 87.3 Å². The van der Waals surface area contributed by atoms with Gasteiger partial charge in [0.15, 0.2) is 0 Å². The number of rotatable bonds is 5. The second kappa shape index (κ2) is 5.29. The molecule has 0 radical (unpaired) electrons. The van der Waals surface area contributed by atoms with Crippen molar-refractivity contribution in [3.8, 4) is 0 Å². The molecule has 17 heavy (non-hydrogen) atoms. The van der Waals surface area contributed by atoms with E-state index in [0.717, 1.165) is 18.7 Å². The number of hydrogen-bond acceptors (Lipinski definition) is 6. The molecule has 6 heteroatoms. The number of hydrogen-bond donors (Lipinski definition) is 3. The molecule has 0 unspecified atom stereocenters. The number of aromatic nitrogens is 2. The summed E-state index contributed by atoms with van der Waals surface area (Å²) in [6, 6.07) is 2.31. The van der Waals surface area contributed by atoms with E-state index in [1.807, 2.05) is 13.0 Å². The average Bonchev–Trinajstić information content (AvgIpc) is 2.25. The highest BCUT2D eigenvalue weighted by molar-refractivity contribution is 5.49. The Hall–Kier alpha value is -1.40. The van der Waals surface area contributed by atoms with Gasteiger partial charge in [0.2, 0.25) is 0 Å². The minimum atomic E-state index is 0.130. The summed E-state index contributed by atoms with van der Waals surface area (Å²) in [7, 11) is 0. The van der Waals surface area contributed by atoms with Gasteiger partial charge in [-0.2, -0.15) is 0 Å². The number of anilines is 2. The zero-order valence-electron chi connectivity index (χ0n) is 10.1. The molecule has 6 nitrogen and oxygen atoms in total. The lowest BCUT2D eigenvalue weighted by atomic mass is 9.91. The summed E-state index contributed by atoms with van der Waals surface area (Å²) in [4.78, 5) is 10.7. The lowest BCUT2D eigenvalue weighted by Crippen LogP contribution is -2.42. The monoisotopic (exact) mass is 237 g/mol. The number of hydrazine groups is 1. The molecule has 0 amide bonds. The summed E-state index contributed by atoms with van der Waals surface area (Å²) in [5.41, 5.74) is 2.54. The van der Waals surface area contributed by atoms with Gasteiger partial charge in [-0.05, 0) is 26.2 Å². The molecule has 0 aliphatic heterocycles. The van der Waals surface area contributed by atoms with Crippen LogP contribution >= 0.6 is 0 Å². The van der Waals surface area contributed by atoms with Crippen LogP contribution in [0.3, 0.4) is 0 Å². The third kappa shape index (κ3) is 2.65. The summed E-state index contributed by atoms with van der Waals surface area (Å²) in [5.74, 6) is 7.50. The van der Waals surface area contributed by atoms with Gasteiger partial charge in [-0.15, -0.1) is 0 Å². The molecule has 4 N–H and O–H groups in total. The third-order valence-electron chi connectivity index (χ3n) is 3.12. The standard InChI is InChI=1S/C11H19N5O/c1-8-13-10(15-12)7-11(14-8)16(5-6-17)9-3-2-4-9/h7,9,17H,2-6,12H2,1H3,(H,13,14,15). The smallest absolute Gasteiger partial charge is 0.145 e. The number of aryl methyl sites for hydroxylation is 1. The van der Waals surface area contributed by atoms with Crippen molar-refractivity contribution in [2.75, 3.05) is 23.5 Å². The Morgan fingerprint density at radius 2 is 2.29 bits per heavy atom. The van der Waals surface area contributed by atoms with Gasteiger partial charge in [0.1, 0.15) is 17.5 Å². The highest BCUT2D eigenvalue weighted by Gasteiger charge is 2.26. The van der Waals surface area contributed by atoms with Crippen LogP contribution in [0.15, 0.2) is 6.07 Å². The fourth-order valence-corrected chi connectivity index (χ4v) is 2.06. The van der Waals surface area contributed by atoms with E-state index in [1.165, 1.54) is 6.42 Å². The Kier molecular flexibility index (Phi) is 3.75. The van der Waals surface area contributed by atoms with Gasteiger partial charge in [-0.1, -0.05) is 0 Å². The van der Waals surface area contributed by atoms with E-state index in [1.54, 1.807) is 0 Å². The van der Waals surface area contributed by atoms with Gasteiger partial charge < -0.3 is 15.4 Å². The highest BCUT2D eigenvalue weighted by Crippen LogP contribution is 2.29. The lowest BCUT2D eigenvalue weighted by molar-refractivity contribution is 0.283. The fourth-order valence-electron chi connectivity index (χ4n) is 2.06. The van der Waals surface area contributed by atoms with Crippen LogP contribution in [0, 0.1) is 6.92 Å². The van der Waals surface area contributed by atoms with E-state index in [-0.39, 0.29) is 6.61 Å². The number of aliphatic hydroxyl groups excluding tert-OH is 1. The molecule has 2 rings (SSSR count). The predicted molar refractivity (Wildman–Crippen MR) is 66.6 cm³/mol. The zero-order valence-corrected chi connectivity index (χ0v) is 10.1. The van der Waals surface area contributed by atoms with E-state index in [4.69, 9.17) is 10.9 Å². The Labute approximate surface area is 101 Å². The molecule has 0 aromatic carbocycles. The Balaban J connectivity index is 2.24. The molecule has 1 aliphatic carbocycles. The van der Waals surface area contributed by atoms with Crippen LogP contribution in [0.5, 0.6) is 0 Å². The first-order valence-corrected chi connectivity index (χ1v) is 5.94. The van der Waals surface area contributed by atoms with Gasteiger partial charge in [0.05, 0.1) is 6.61 Å². The second-order valence-electron chi connectivity index (χ2n) is 4.30. The van der Waals surface area contributed by atoms with E-state index >= 15 is 0 Å². The molecule has 1 aromatic rings. The van der Waals surface area contributed by atoms with Crippen molar-refractivity contribution in [3.63, 3.8) is 0 Å². The van der Waals surface area contributed by atoms with Crippen LogP contribution in [-0.4, -0.2) is 34.3 Å². The van der Waals surface area contributed by atoms with E-state index in [0.29, 0.717) is 24.2 Å². The fraction of sp³-hybridized carbons (Fsp3) is 0.636. The molecule has 0 saturated heterocycles. The maximum atomic E-state index is 9.14. The van der Waals surface area contributed by atoms with Crippen molar-refractivity contribution in [1.82, 2.24) is 9.97 Å². The number of nitrogens with zero attached hydrogens (tertiary/aromatic N) is 3. The molecule has 1 fully saturated rings. The summed E-state index contributed by atoms with van der Waals surface area (Å²) in [5, 5.41) is 9.14. The molecular weight excluding hydrogens is 218 g/mol. The normalized spacial score (nSPS) is 15.5. The SMILES string of the molecule is Cc1nc(NN)cc(N(CCO)C2CCC2)n1. The quantitative estimate of drug-likeness (QED) is 0.508. The van der Waals surface area contributed by atoms with Crippen LogP contribution in [0.4, 0.5) is 11.6 Å². The van der Waals surface area contributed by atoms with Gasteiger partial charge in [0.25, 0.3) is 0 Å². The third-order valence-corrected chi connectivity index (χ3v) is 3.12. The maximum absolute atomic E-state index is 9.14. The summed E-state index contributed by atoms with van der Waals surface area (Å²) < 4.78 is 0. The minimum Gasteiger partial charge on any atom is -0.395 e. The average molecular weight is 237 g/mol.